The van der Waals surface area contributed by atoms with Gasteiger partial charge in [-0.25, -0.2) is 9.78 Å². The molecule has 4 rings (SSSR count). The molecule has 3 heterocycles. The molecule has 0 radical (unpaired) electrons. The van der Waals surface area contributed by atoms with Crippen LogP contribution in [-0.2, 0) is 11.3 Å². The van der Waals surface area contributed by atoms with Crippen molar-refractivity contribution in [3.63, 3.8) is 0 Å². The van der Waals surface area contributed by atoms with Gasteiger partial charge in [-0.05, 0) is 62.4 Å². The number of rotatable bonds is 5. The van der Waals surface area contributed by atoms with Crippen molar-refractivity contribution in [1.29, 1.82) is 0 Å². The molecule has 0 saturated carbocycles. The summed E-state index contributed by atoms with van der Waals surface area (Å²) in [5.41, 5.74) is 5.54. The van der Waals surface area contributed by atoms with E-state index in [1.807, 2.05) is 6.20 Å². The summed E-state index contributed by atoms with van der Waals surface area (Å²) in [6, 6.07) is 10.5. The van der Waals surface area contributed by atoms with Crippen LogP contribution in [0.2, 0.25) is 0 Å². The fourth-order valence-corrected chi connectivity index (χ4v) is 3.61. The van der Waals surface area contributed by atoms with Gasteiger partial charge in [0.15, 0.2) is 0 Å². The van der Waals surface area contributed by atoms with Gasteiger partial charge in [-0.3, -0.25) is 0 Å². The summed E-state index contributed by atoms with van der Waals surface area (Å²) in [6.07, 6.45) is 2.47. The lowest BCUT2D eigenvalue weighted by Gasteiger charge is -2.28. The molecule has 2 N–H and O–H groups in total. The maximum atomic E-state index is 10.6. The third-order valence-electron chi connectivity index (χ3n) is 5.13. The first-order chi connectivity index (χ1) is 16.1. The van der Waals surface area contributed by atoms with Gasteiger partial charge in [0.1, 0.15) is 11.5 Å². The van der Waals surface area contributed by atoms with E-state index in [9.17, 15) is 13.2 Å². The molecule has 0 amide bonds. The molecule has 8 nitrogen and oxygen atoms in total. The molecule has 0 aliphatic carbocycles. The van der Waals surface area contributed by atoms with Crippen LogP contribution >= 0.6 is 0 Å². The highest BCUT2D eigenvalue weighted by molar-refractivity contribution is 5.73. The molecular formula is C23H27F3N6O2. The average molecular weight is 477 g/mol. The smallest absolute Gasteiger partial charge is 0.475 e. The number of aryl methyl sites for hydroxylation is 2. The first-order valence-corrected chi connectivity index (χ1v) is 10.9. The highest BCUT2D eigenvalue weighted by Gasteiger charge is 2.38. The van der Waals surface area contributed by atoms with Crippen molar-refractivity contribution in [2.75, 3.05) is 23.3 Å². The molecule has 1 aliphatic rings. The molecule has 1 fully saturated rings. The van der Waals surface area contributed by atoms with Crippen molar-refractivity contribution in [2.45, 2.75) is 45.8 Å². The Hall–Kier alpha value is -3.63. The largest absolute Gasteiger partial charge is 0.490 e. The summed E-state index contributed by atoms with van der Waals surface area (Å²) in [5.74, 6) is -1.88. The Morgan fingerprint density at radius 2 is 1.71 bits per heavy atom. The predicted molar refractivity (Wildman–Crippen MR) is 122 cm³/mol. The van der Waals surface area contributed by atoms with Crippen LogP contribution < -0.4 is 10.2 Å². The van der Waals surface area contributed by atoms with Crippen LogP contribution in [0.5, 0.6) is 0 Å². The monoisotopic (exact) mass is 476 g/mol. The van der Waals surface area contributed by atoms with Crippen LogP contribution in [0.4, 0.5) is 24.7 Å². The zero-order valence-corrected chi connectivity index (χ0v) is 19.0. The molecule has 0 spiro atoms. The van der Waals surface area contributed by atoms with Crippen molar-refractivity contribution >= 4 is 17.5 Å². The third-order valence-corrected chi connectivity index (χ3v) is 5.13. The van der Waals surface area contributed by atoms with Crippen LogP contribution in [0, 0.1) is 13.8 Å². The number of pyridine rings is 1. The van der Waals surface area contributed by atoms with Gasteiger partial charge in [-0.1, -0.05) is 6.07 Å². The first-order valence-electron chi connectivity index (χ1n) is 10.9. The lowest BCUT2D eigenvalue weighted by Crippen LogP contribution is -2.29. The van der Waals surface area contributed by atoms with E-state index in [4.69, 9.17) is 9.90 Å². The molecule has 1 aromatic carbocycles. The SMILES string of the molecule is Cc1cc(C)cc(-n2ncc(CNc3cc(N4CCCCC4)ccn3)n2)c1.O=C(O)C(F)(F)F. The third kappa shape index (κ3) is 7.19. The van der Waals surface area contributed by atoms with Crippen LogP contribution in [-0.4, -0.2) is 50.3 Å². The van der Waals surface area contributed by atoms with E-state index in [0.717, 1.165) is 30.3 Å². The molecule has 2 aromatic heterocycles. The standard InChI is InChI=1S/C21H26N6.C2HF3O2/c1-16-10-17(2)12-20(11-16)27-24-15-18(25-27)14-23-21-13-19(6-7-22-21)26-8-4-3-5-9-26;3-2(4,5)1(6)7/h6-7,10-13,15H,3-5,8-9,14H2,1-2H3,(H,22,23);(H,6,7). The van der Waals surface area contributed by atoms with Gasteiger partial charge in [0.05, 0.1) is 18.4 Å². The molecule has 3 aromatic rings. The molecule has 1 saturated heterocycles. The molecule has 34 heavy (non-hydrogen) atoms. The van der Waals surface area contributed by atoms with E-state index < -0.39 is 12.1 Å². The predicted octanol–water partition coefficient (Wildman–Crippen LogP) is 4.51. The van der Waals surface area contributed by atoms with Gasteiger partial charge in [0.25, 0.3) is 0 Å². The number of carbonyl (C=O) groups is 1. The van der Waals surface area contributed by atoms with Crippen molar-refractivity contribution in [1.82, 2.24) is 20.0 Å². The maximum absolute atomic E-state index is 10.6. The van der Waals surface area contributed by atoms with E-state index in [-0.39, 0.29) is 0 Å². The number of alkyl halides is 3. The van der Waals surface area contributed by atoms with Gasteiger partial charge < -0.3 is 15.3 Å². The van der Waals surface area contributed by atoms with Crippen molar-refractivity contribution < 1.29 is 23.1 Å². The minimum Gasteiger partial charge on any atom is -0.475 e. The second-order valence-electron chi connectivity index (χ2n) is 8.07. The zero-order chi connectivity index (χ0) is 24.7. The molecular weight excluding hydrogens is 449 g/mol. The number of nitrogens with one attached hydrogen (secondary N) is 1. The van der Waals surface area contributed by atoms with E-state index in [1.54, 1.807) is 11.0 Å². The first kappa shape index (κ1) is 25.0. The lowest BCUT2D eigenvalue weighted by molar-refractivity contribution is -0.192. The molecule has 0 bridgehead atoms. The Bertz CT molecular complexity index is 1090. The lowest BCUT2D eigenvalue weighted by atomic mass is 10.1. The van der Waals surface area contributed by atoms with E-state index in [2.05, 4.69) is 69.6 Å². The summed E-state index contributed by atoms with van der Waals surface area (Å²) >= 11 is 0. The number of piperidine rings is 1. The molecule has 1 aliphatic heterocycles. The number of benzene rings is 1. The summed E-state index contributed by atoms with van der Waals surface area (Å²) in [6.45, 7) is 7.04. The fraction of sp³-hybridized carbons (Fsp3) is 0.391. The number of carboxylic acids is 1. The van der Waals surface area contributed by atoms with Gasteiger partial charge >= 0.3 is 12.1 Å². The van der Waals surface area contributed by atoms with Crippen molar-refractivity contribution in [3.8, 4) is 5.69 Å². The average Bonchev–Trinajstić information content (AvgIpc) is 3.27. The Kier molecular flexibility index (Phi) is 8.08. The molecule has 182 valence electrons. The second-order valence-corrected chi connectivity index (χ2v) is 8.07. The van der Waals surface area contributed by atoms with Crippen LogP contribution in [0.3, 0.4) is 0 Å². The number of hydrogen-bond donors (Lipinski definition) is 2. The Labute approximate surface area is 195 Å². The van der Waals surface area contributed by atoms with Crippen molar-refractivity contribution in [3.05, 3.63) is 59.5 Å². The Morgan fingerprint density at radius 1 is 1.06 bits per heavy atom. The minimum absolute atomic E-state index is 0.598. The number of aliphatic carboxylic acids is 1. The van der Waals surface area contributed by atoms with Crippen LogP contribution in [0.15, 0.2) is 42.7 Å². The zero-order valence-electron chi connectivity index (χ0n) is 19.0. The summed E-state index contributed by atoms with van der Waals surface area (Å²) < 4.78 is 31.7. The normalized spacial score (nSPS) is 13.7. The van der Waals surface area contributed by atoms with Crippen LogP contribution in [0.25, 0.3) is 5.69 Å². The van der Waals surface area contributed by atoms with Gasteiger partial charge in [-0.2, -0.15) is 28.2 Å². The van der Waals surface area contributed by atoms with E-state index >= 15 is 0 Å². The quantitative estimate of drug-likeness (QED) is 0.559. The number of anilines is 2. The minimum atomic E-state index is -5.08. The van der Waals surface area contributed by atoms with Gasteiger partial charge in [-0.15, -0.1) is 0 Å². The number of aromatic nitrogens is 4. The molecule has 0 atom stereocenters. The molecule has 11 heteroatoms. The summed E-state index contributed by atoms with van der Waals surface area (Å²) in [7, 11) is 0. The van der Waals surface area contributed by atoms with Crippen LogP contribution in [0.1, 0.15) is 36.1 Å². The summed E-state index contributed by atoms with van der Waals surface area (Å²) in [5, 5.41) is 19.5. The summed E-state index contributed by atoms with van der Waals surface area (Å²) in [4.78, 5) is 17.5. The highest BCUT2D eigenvalue weighted by Crippen LogP contribution is 2.22. The molecule has 0 unspecified atom stereocenters. The van der Waals surface area contributed by atoms with Crippen molar-refractivity contribution in [2.24, 2.45) is 0 Å². The highest BCUT2D eigenvalue weighted by atomic mass is 19.4. The Balaban J connectivity index is 0.000000406. The number of halogens is 3. The topological polar surface area (TPSA) is 96.2 Å². The van der Waals surface area contributed by atoms with E-state index in [0.29, 0.717) is 6.54 Å². The second kappa shape index (κ2) is 11.0. The fourth-order valence-electron chi connectivity index (χ4n) is 3.61. The number of nitrogens with zero attached hydrogens (tertiary/aromatic N) is 5. The van der Waals surface area contributed by atoms with Gasteiger partial charge in [0.2, 0.25) is 0 Å². The van der Waals surface area contributed by atoms with E-state index in [1.165, 1.54) is 36.1 Å². The van der Waals surface area contributed by atoms with Gasteiger partial charge in [0, 0.05) is 31.0 Å². The Morgan fingerprint density at radius 3 is 2.32 bits per heavy atom. The number of hydrogen-bond acceptors (Lipinski definition) is 6. The maximum Gasteiger partial charge on any atom is 0.490 e. The number of carboxylic acid groups (broad SMARTS) is 1.